The van der Waals surface area contributed by atoms with Crippen LogP contribution in [0.5, 0.6) is 0 Å². The minimum absolute atomic E-state index is 0.0150. The van der Waals surface area contributed by atoms with Crippen LogP contribution in [0.2, 0.25) is 0 Å². The van der Waals surface area contributed by atoms with Gasteiger partial charge in [-0.2, -0.15) is 0 Å². The van der Waals surface area contributed by atoms with E-state index in [9.17, 15) is 8.42 Å². The van der Waals surface area contributed by atoms with E-state index >= 15 is 0 Å². The van der Waals surface area contributed by atoms with Crippen LogP contribution >= 0.6 is 0 Å². The molecule has 2 unspecified atom stereocenters. The third-order valence-corrected chi connectivity index (χ3v) is 7.35. The van der Waals surface area contributed by atoms with E-state index < -0.39 is 10.0 Å². The van der Waals surface area contributed by atoms with Crippen LogP contribution in [0.1, 0.15) is 24.0 Å². The fraction of sp³-hybridized carbons (Fsp3) is 0.500. The first-order chi connectivity index (χ1) is 14.4. The van der Waals surface area contributed by atoms with Crippen molar-refractivity contribution in [1.29, 1.82) is 0 Å². The van der Waals surface area contributed by atoms with Gasteiger partial charge < -0.3 is 4.90 Å². The predicted octanol–water partition coefficient (Wildman–Crippen LogP) is 2.74. The molecule has 2 fully saturated rings. The van der Waals surface area contributed by atoms with Crippen molar-refractivity contribution < 1.29 is 8.42 Å². The Morgan fingerprint density at radius 2 is 1.57 bits per heavy atom. The normalized spacial score (nSPS) is 25.7. The van der Waals surface area contributed by atoms with Crippen molar-refractivity contribution in [3.8, 4) is 0 Å². The third kappa shape index (κ3) is 5.49. The van der Waals surface area contributed by atoms with E-state index in [2.05, 4.69) is 69.1 Å². The van der Waals surface area contributed by atoms with Gasteiger partial charge in [-0.1, -0.05) is 60.7 Å². The van der Waals surface area contributed by atoms with Crippen molar-refractivity contribution in [1.82, 2.24) is 14.5 Å². The van der Waals surface area contributed by atoms with Crippen LogP contribution in [0.25, 0.3) is 0 Å². The molecule has 5 nitrogen and oxygen atoms in total. The molecule has 0 radical (unpaired) electrons. The zero-order valence-corrected chi connectivity index (χ0v) is 18.7. The molecule has 2 aromatic rings. The summed E-state index contributed by atoms with van der Waals surface area (Å²) in [4.78, 5) is 5.03. The molecule has 0 aromatic heterocycles. The first-order valence-electron chi connectivity index (χ1n) is 10.9. The maximum Gasteiger partial charge on any atom is 0.208 e. The summed E-state index contributed by atoms with van der Waals surface area (Å²) in [6, 6.07) is 21.2. The first-order valence-corrected chi connectivity index (χ1v) is 12.8. The van der Waals surface area contributed by atoms with Crippen LogP contribution in [0, 0.1) is 5.41 Å². The summed E-state index contributed by atoms with van der Waals surface area (Å²) < 4.78 is 27.1. The van der Waals surface area contributed by atoms with Gasteiger partial charge in [-0.15, -0.1) is 0 Å². The van der Waals surface area contributed by atoms with Gasteiger partial charge in [0.25, 0.3) is 0 Å². The van der Waals surface area contributed by atoms with Gasteiger partial charge in [0.15, 0.2) is 0 Å². The average Bonchev–Trinajstić information content (AvgIpc) is 3.12. The number of nitrogens with zero attached hydrogens (tertiary/aromatic N) is 2. The fourth-order valence-corrected chi connectivity index (χ4v) is 6.08. The summed E-state index contributed by atoms with van der Waals surface area (Å²) in [5, 5.41) is 0. The van der Waals surface area contributed by atoms with Crippen molar-refractivity contribution in [2.24, 2.45) is 5.41 Å². The topological polar surface area (TPSA) is 52.7 Å². The van der Waals surface area contributed by atoms with Crippen LogP contribution in [0.15, 0.2) is 60.7 Å². The number of hydrogen-bond donors (Lipinski definition) is 1. The predicted molar refractivity (Wildman–Crippen MR) is 122 cm³/mol. The lowest BCUT2D eigenvalue weighted by molar-refractivity contribution is 0.0648. The zero-order chi connectivity index (χ0) is 21.0. The molecule has 2 aliphatic heterocycles. The maximum absolute atomic E-state index is 12.1. The Morgan fingerprint density at radius 3 is 2.23 bits per heavy atom. The monoisotopic (exact) mass is 427 g/mol. The van der Waals surface area contributed by atoms with E-state index in [-0.39, 0.29) is 11.5 Å². The van der Waals surface area contributed by atoms with Gasteiger partial charge >= 0.3 is 0 Å². The highest BCUT2D eigenvalue weighted by molar-refractivity contribution is 7.88. The van der Waals surface area contributed by atoms with E-state index in [1.54, 1.807) is 0 Å². The molecule has 2 saturated heterocycles. The zero-order valence-electron chi connectivity index (χ0n) is 17.8. The fourth-order valence-electron chi connectivity index (χ4n) is 5.19. The molecule has 1 N–H and O–H groups in total. The Kier molecular flexibility index (Phi) is 6.58. The Bertz CT molecular complexity index is 920. The van der Waals surface area contributed by atoms with Crippen LogP contribution in [-0.2, 0) is 23.0 Å². The second kappa shape index (κ2) is 9.18. The highest BCUT2D eigenvalue weighted by atomic mass is 32.2. The first kappa shape index (κ1) is 21.5. The molecule has 2 heterocycles. The van der Waals surface area contributed by atoms with Crippen LogP contribution in [0.3, 0.4) is 0 Å². The molecule has 1 spiro atoms. The van der Waals surface area contributed by atoms with Crippen molar-refractivity contribution in [2.75, 3.05) is 39.0 Å². The number of sulfonamides is 1. The SMILES string of the molecule is CS(=O)(=O)NC1CCN(CCc2ccccc2)CC12CCN(Cc1ccccc1)C2. The molecular weight excluding hydrogens is 394 g/mol. The molecule has 2 atom stereocenters. The molecule has 2 aliphatic rings. The van der Waals surface area contributed by atoms with Gasteiger partial charge in [0.05, 0.1) is 6.26 Å². The largest absolute Gasteiger partial charge is 0.302 e. The van der Waals surface area contributed by atoms with E-state index in [0.717, 1.165) is 58.5 Å². The van der Waals surface area contributed by atoms with Gasteiger partial charge in [0.2, 0.25) is 10.0 Å². The minimum atomic E-state index is -3.22. The molecule has 162 valence electrons. The van der Waals surface area contributed by atoms with Crippen LogP contribution < -0.4 is 4.72 Å². The Morgan fingerprint density at radius 1 is 0.933 bits per heavy atom. The van der Waals surface area contributed by atoms with E-state index in [4.69, 9.17) is 0 Å². The van der Waals surface area contributed by atoms with Crippen molar-refractivity contribution >= 4 is 10.0 Å². The summed E-state index contributed by atoms with van der Waals surface area (Å²) in [7, 11) is -3.22. The standard InChI is InChI=1S/C24H33N3O2S/c1-30(28,29)25-23-13-16-26(15-12-21-8-4-2-5-9-21)19-24(23)14-17-27(20-24)18-22-10-6-3-7-11-22/h2-11,23,25H,12-20H2,1H3. The highest BCUT2D eigenvalue weighted by Gasteiger charge is 2.48. The van der Waals surface area contributed by atoms with Crippen molar-refractivity contribution in [3.63, 3.8) is 0 Å². The maximum atomic E-state index is 12.1. The Labute approximate surface area is 181 Å². The van der Waals surface area contributed by atoms with Gasteiger partial charge in [0.1, 0.15) is 0 Å². The van der Waals surface area contributed by atoms with Crippen LogP contribution in [0.4, 0.5) is 0 Å². The quantitative estimate of drug-likeness (QED) is 0.738. The number of rotatable bonds is 7. The van der Waals surface area contributed by atoms with E-state index in [0.29, 0.717) is 0 Å². The summed E-state index contributed by atoms with van der Waals surface area (Å²) in [5.74, 6) is 0. The average molecular weight is 428 g/mol. The summed E-state index contributed by atoms with van der Waals surface area (Å²) in [6.07, 6.45) is 4.24. The van der Waals surface area contributed by atoms with E-state index in [1.165, 1.54) is 17.4 Å². The van der Waals surface area contributed by atoms with Crippen molar-refractivity contribution in [3.05, 3.63) is 71.8 Å². The molecule has 0 bridgehead atoms. The number of likely N-dealkylation sites (tertiary alicyclic amines) is 2. The molecular formula is C24H33N3O2S. The highest BCUT2D eigenvalue weighted by Crippen LogP contribution is 2.40. The number of nitrogens with one attached hydrogen (secondary N) is 1. The van der Waals surface area contributed by atoms with Gasteiger partial charge in [-0.05, 0) is 43.5 Å². The Balaban J connectivity index is 1.45. The third-order valence-electron chi connectivity index (χ3n) is 6.64. The lowest BCUT2D eigenvalue weighted by Crippen LogP contribution is -2.59. The lowest BCUT2D eigenvalue weighted by atomic mass is 9.75. The van der Waals surface area contributed by atoms with Gasteiger partial charge in [-0.3, -0.25) is 4.90 Å². The van der Waals surface area contributed by atoms with Crippen LogP contribution in [-0.4, -0.2) is 63.2 Å². The molecule has 0 amide bonds. The molecule has 6 heteroatoms. The number of benzene rings is 2. The lowest BCUT2D eigenvalue weighted by Gasteiger charge is -2.46. The summed E-state index contributed by atoms with van der Waals surface area (Å²) in [5.41, 5.74) is 2.66. The van der Waals surface area contributed by atoms with Gasteiger partial charge in [-0.25, -0.2) is 13.1 Å². The van der Waals surface area contributed by atoms with E-state index in [1.807, 2.05) is 6.07 Å². The molecule has 30 heavy (non-hydrogen) atoms. The second-order valence-corrected chi connectivity index (χ2v) is 10.8. The summed E-state index contributed by atoms with van der Waals surface area (Å²) >= 11 is 0. The minimum Gasteiger partial charge on any atom is -0.302 e. The molecule has 0 saturated carbocycles. The second-order valence-electron chi connectivity index (χ2n) is 9.05. The molecule has 4 rings (SSSR count). The smallest absolute Gasteiger partial charge is 0.208 e. The summed E-state index contributed by atoms with van der Waals surface area (Å²) in [6.45, 7) is 5.81. The molecule has 0 aliphatic carbocycles. The Hall–Kier alpha value is -1.73. The molecule has 2 aromatic carbocycles. The van der Waals surface area contributed by atoms with Crippen molar-refractivity contribution in [2.45, 2.75) is 31.8 Å². The number of piperidine rings is 1. The van der Waals surface area contributed by atoms with Gasteiger partial charge in [0, 0.05) is 37.6 Å². The number of hydrogen-bond acceptors (Lipinski definition) is 4.